The quantitative estimate of drug-likeness (QED) is 0.575. The van der Waals surface area contributed by atoms with Crippen LogP contribution in [0.5, 0.6) is 0 Å². The molecule has 2 N–H and O–H groups in total. The molecule has 0 radical (unpaired) electrons. The number of nitrogens with one attached hydrogen (secondary N) is 2. The molecule has 2 rings (SSSR count). The highest BCUT2D eigenvalue weighted by Gasteiger charge is 2.26. The summed E-state index contributed by atoms with van der Waals surface area (Å²) in [5.41, 5.74) is 0.0859. The van der Waals surface area contributed by atoms with Crippen LogP contribution in [0.15, 0.2) is 48.5 Å². The average molecular weight is 373 g/mol. The highest BCUT2D eigenvalue weighted by molar-refractivity contribution is 5.97. The van der Waals surface area contributed by atoms with E-state index in [-0.39, 0.29) is 23.7 Å². The van der Waals surface area contributed by atoms with Gasteiger partial charge in [-0.15, -0.1) is 0 Å². The molecular formula is C19H20FN3O4. The zero-order valence-electron chi connectivity index (χ0n) is 14.9. The number of carbonyl (C=O) groups is 2. The van der Waals surface area contributed by atoms with Crippen LogP contribution in [0.2, 0.25) is 0 Å². The molecule has 0 aromatic heterocycles. The van der Waals surface area contributed by atoms with E-state index >= 15 is 0 Å². The van der Waals surface area contributed by atoms with Gasteiger partial charge in [-0.25, -0.2) is 4.39 Å². The lowest BCUT2D eigenvalue weighted by molar-refractivity contribution is -0.385. The molecule has 2 aromatic rings. The van der Waals surface area contributed by atoms with Gasteiger partial charge in [0.15, 0.2) is 0 Å². The Balaban J connectivity index is 2.09. The number of hydrogen-bond donors (Lipinski definition) is 2. The number of halogens is 1. The van der Waals surface area contributed by atoms with Gasteiger partial charge in [0, 0.05) is 18.2 Å². The molecule has 2 amide bonds. The summed E-state index contributed by atoms with van der Waals surface area (Å²) >= 11 is 0. The summed E-state index contributed by atoms with van der Waals surface area (Å²) in [4.78, 5) is 35.3. The first-order valence-electron chi connectivity index (χ1n) is 8.36. The Morgan fingerprint density at radius 2 is 1.74 bits per heavy atom. The third kappa shape index (κ3) is 5.10. The number of para-hydroxylation sites is 1. The standard InChI is InChI=1S/C19H20FN3O4/c1-12(2)17(22-18(24)14-8-4-5-9-15(14)20)19(25)21-11-13-7-3-6-10-16(13)23(26)27/h3-10,12,17H,11H2,1-2H3,(H,21,25)(H,22,24). The number of benzene rings is 2. The molecule has 0 heterocycles. The smallest absolute Gasteiger partial charge is 0.274 e. The summed E-state index contributed by atoms with van der Waals surface area (Å²) in [5.74, 6) is -2.16. The summed E-state index contributed by atoms with van der Waals surface area (Å²) < 4.78 is 13.8. The van der Waals surface area contributed by atoms with Crippen LogP contribution in [-0.2, 0) is 11.3 Å². The van der Waals surface area contributed by atoms with Crippen molar-refractivity contribution in [3.8, 4) is 0 Å². The van der Waals surface area contributed by atoms with Crippen molar-refractivity contribution < 1.29 is 18.9 Å². The van der Waals surface area contributed by atoms with E-state index in [4.69, 9.17) is 0 Å². The predicted molar refractivity (Wildman–Crippen MR) is 97.4 cm³/mol. The van der Waals surface area contributed by atoms with Crippen molar-refractivity contribution in [1.82, 2.24) is 10.6 Å². The third-order valence-corrected chi connectivity index (χ3v) is 4.00. The molecule has 7 nitrogen and oxygen atoms in total. The van der Waals surface area contributed by atoms with Crippen molar-refractivity contribution in [2.24, 2.45) is 5.92 Å². The second-order valence-corrected chi connectivity index (χ2v) is 6.28. The summed E-state index contributed by atoms with van der Waals surface area (Å²) in [7, 11) is 0. The Hall–Kier alpha value is -3.29. The zero-order valence-corrected chi connectivity index (χ0v) is 14.9. The van der Waals surface area contributed by atoms with E-state index in [0.717, 1.165) is 6.07 Å². The minimum absolute atomic E-state index is 0.0607. The number of amides is 2. The number of nitro benzene ring substituents is 1. The van der Waals surface area contributed by atoms with E-state index in [1.165, 1.54) is 30.3 Å². The molecule has 0 aliphatic rings. The molecule has 0 saturated carbocycles. The lowest BCUT2D eigenvalue weighted by Crippen LogP contribution is -2.49. The van der Waals surface area contributed by atoms with Crippen molar-refractivity contribution in [3.63, 3.8) is 0 Å². The maximum absolute atomic E-state index is 13.8. The molecule has 1 atom stereocenters. The second-order valence-electron chi connectivity index (χ2n) is 6.28. The maximum Gasteiger partial charge on any atom is 0.274 e. The van der Waals surface area contributed by atoms with E-state index in [2.05, 4.69) is 10.6 Å². The largest absolute Gasteiger partial charge is 0.350 e. The number of rotatable bonds is 7. The van der Waals surface area contributed by atoms with Crippen LogP contribution in [0.1, 0.15) is 29.8 Å². The summed E-state index contributed by atoms with van der Waals surface area (Å²) in [6.07, 6.45) is 0. The summed E-state index contributed by atoms with van der Waals surface area (Å²) in [5, 5.41) is 16.2. The van der Waals surface area contributed by atoms with Gasteiger partial charge in [0.05, 0.1) is 10.5 Å². The fraction of sp³-hybridized carbons (Fsp3) is 0.263. The van der Waals surface area contributed by atoms with Crippen molar-refractivity contribution in [2.45, 2.75) is 26.4 Å². The molecule has 2 aromatic carbocycles. The van der Waals surface area contributed by atoms with Gasteiger partial charge in [-0.3, -0.25) is 19.7 Å². The van der Waals surface area contributed by atoms with Crippen molar-refractivity contribution in [2.75, 3.05) is 0 Å². The Morgan fingerprint density at radius 1 is 1.11 bits per heavy atom. The van der Waals surface area contributed by atoms with E-state index in [9.17, 15) is 24.1 Å². The molecule has 142 valence electrons. The number of nitro groups is 1. The molecule has 1 unspecified atom stereocenters. The number of nitrogens with zero attached hydrogens (tertiary/aromatic N) is 1. The van der Waals surface area contributed by atoms with Gasteiger partial charge in [0.1, 0.15) is 11.9 Å². The average Bonchev–Trinajstić information content (AvgIpc) is 2.64. The first-order chi connectivity index (χ1) is 12.8. The van der Waals surface area contributed by atoms with Gasteiger partial charge in [0.25, 0.3) is 11.6 Å². The van der Waals surface area contributed by atoms with E-state index in [0.29, 0.717) is 5.56 Å². The molecular weight excluding hydrogens is 353 g/mol. The lowest BCUT2D eigenvalue weighted by Gasteiger charge is -2.22. The molecule has 0 fully saturated rings. The van der Waals surface area contributed by atoms with Crippen LogP contribution in [0, 0.1) is 21.8 Å². The van der Waals surface area contributed by atoms with Gasteiger partial charge in [-0.05, 0) is 18.1 Å². The van der Waals surface area contributed by atoms with Gasteiger partial charge in [-0.2, -0.15) is 0 Å². The topological polar surface area (TPSA) is 101 Å². The van der Waals surface area contributed by atoms with E-state index in [1.807, 2.05) is 0 Å². The fourth-order valence-electron chi connectivity index (χ4n) is 2.53. The zero-order chi connectivity index (χ0) is 20.0. The van der Waals surface area contributed by atoms with Gasteiger partial charge < -0.3 is 10.6 Å². The number of carbonyl (C=O) groups excluding carboxylic acids is 2. The van der Waals surface area contributed by atoms with Crippen LogP contribution in [-0.4, -0.2) is 22.8 Å². The molecule has 8 heteroatoms. The monoisotopic (exact) mass is 373 g/mol. The molecule has 0 aliphatic heterocycles. The SMILES string of the molecule is CC(C)C(NC(=O)c1ccccc1F)C(=O)NCc1ccccc1[N+](=O)[O-]. The highest BCUT2D eigenvalue weighted by atomic mass is 19.1. The Morgan fingerprint density at radius 3 is 2.37 bits per heavy atom. The van der Waals surface area contributed by atoms with Crippen molar-refractivity contribution in [1.29, 1.82) is 0 Å². The van der Waals surface area contributed by atoms with Crippen LogP contribution in [0.3, 0.4) is 0 Å². The lowest BCUT2D eigenvalue weighted by atomic mass is 10.0. The maximum atomic E-state index is 13.8. The first kappa shape index (κ1) is 20.0. The van der Waals surface area contributed by atoms with E-state index in [1.54, 1.807) is 26.0 Å². The van der Waals surface area contributed by atoms with E-state index < -0.39 is 28.6 Å². The molecule has 27 heavy (non-hydrogen) atoms. The Labute approximate surface area is 155 Å². The fourth-order valence-corrected chi connectivity index (χ4v) is 2.53. The molecule has 0 saturated heterocycles. The predicted octanol–water partition coefficient (Wildman–Crippen LogP) is 2.80. The highest BCUT2D eigenvalue weighted by Crippen LogP contribution is 2.17. The molecule has 0 aliphatic carbocycles. The minimum Gasteiger partial charge on any atom is -0.350 e. The van der Waals surface area contributed by atoms with Gasteiger partial charge in [-0.1, -0.05) is 44.2 Å². The van der Waals surface area contributed by atoms with Crippen LogP contribution in [0.4, 0.5) is 10.1 Å². The van der Waals surface area contributed by atoms with Gasteiger partial charge in [0.2, 0.25) is 5.91 Å². The second kappa shape index (κ2) is 8.88. The van der Waals surface area contributed by atoms with Crippen LogP contribution < -0.4 is 10.6 Å². The number of hydrogen-bond acceptors (Lipinski definition) is 4. The normalized spacial score (nSPS) is 11.7. The third-order valence-electron chi connectivity index (χ3n) is 4.00. The first-order valence-corrected chi connectivity index (χ1v) is 8.36. The van der Waals surface area contributed by atoms with Gasteiger partial charge >= 0.3 is 0 Å². The minimum atomic E-state index is -0.917. The van der Waals surface area contributed by atoms with Crippen LogP contribution >= 0.6 is 0 Å². The van der Waals surface area contributed by atoms with Crippen molar-refractivity contribution >= 4 is 17.5 Å². The Kier molecular flexibility index (Phi) is 6.59. The van der Waals surface area contributed by atoms with Crippen LogP contribution in [0.25, 0.3) is 0 Å². The Bertz CT molecular complexity index is 854. The molecule has 0 spiro atoms. The summed E-state index contributed by atoms with van der Waals surface area (Å²) in [6.45, 7) is 3.41. The summed E-state index contributed by atoms with van der Waals surface area (Å²) in [6, 6.07) is 10.6. The molecule has 0 bridgehead atoms. The van der Waals surface area contributed by atoms with Crippen molar-refractivity contribution in [3.05, 3.63) is 75.6 Å².